The number of sulfonamides is 1. The van der Waals surface area contributed by atoms with Crippen LogP contribution in [-0.4, -0.2) is 82.4 Å². The first kappa shape index (κ1) is 44.0. The highest BCUT2D eigenvalue weighted by Crippen LogP contribution is 2.37. The van der Waals surface area contributed by atoms with Gasteiger partial charge in [-0.3, -0.25) is 29.0 Å². The first-order valence-electron chi connectivity index (χ1n) is 18.6. The maximum absolute atomic E-state index is 14.1. The zero-order chi connectivity index (χ0) is 44.7. The van der Waals surface area contributed by atoms with Gasteiger partial charge in [0.25, 0.3) is 27.4 Å². The van der Waals surface area contributed by atoms with Crippen molar-refractivity contribution < 1.29 is 35.2 Å². The van der Waals surface area contributed by atoms with Gasteiger partial charge in [-0.2, -0.15) is 18.4 Å². The van der Waals surface area contributed by atoms with Crippen molar-refractivity contribution in [3.8, 4) is 29.0 Å². The van der Waals surface area contributed by atoms with Crippen LogP contribution in [0.2, 0.25) is 5.02 Å². The van der Waals surface area contributed by atoms with Crippen LogP contribution in [0.1, 0.15) is 52.8 Å². The second-order valence-electron chi connectivity index (χ2n) is 14.6. The van der Waals surface area contributed by atoms with Crippen LogP contribution in [0.5, 0.6) is 0 Å². The van der Waals surface area contributed by atoms with E-state index in [0.29, 0.717) is 76.5 Å². The molecule has 1 aliphatic rings. The topological polar surface area (TPSA) is 167 Å². The van der Waals surface area contributed by atoms with Gasteiger partial charge in [0.15, 0.2) is 0 Å². The maximum atomic E-state index is 14.1. The number of halogens is 6. The Morgan fingerprint density at radius 1 is 1.06 bits per heavy atom. The molecule has 21 heteroatoms. The number of hydrogen-bond donors (Lipinski definition) is 1. The van der Waals surface area contributed by atoms with Crippen molar-refractivity contribution in [2.45, 2.75) is 56.3 Å². The van der Waals surface area contributed by atoms with Gasteiger partial charge < -0.3 is 4.90 Å². The quantitative estimate of drug-likeness (QED) is 0.117. The Labute approximate surface area is 359 Å². The number of carbonyl (C=O) groups is 1. The highest BCUT2D eigenvalue weighted by molar-refractivity contribution is 7.90. The van der Waals surface area contributed by atoms with Crippen molar-refractivity contribution in [2.75, 3.05) is 31.6 Å². The third-order valence-electron chi connectivity index (χ3n) is 10.2. The van der Waals surface area contributed by atoms with Gasteiger partial charge in [-0.1, -0.05) is 23.4 Å². The number of aromatic nitrogens is 5. The van der Waals surface area contributed by atoms with E-state index < -0.39 is 44.2 Å². The molecule has 1 N–H and O–H groups in total. The Morgan fingerprint density at radius 3 is 2.47 bits per heavy atom. The second kappa shape index (κ2) is 17.0. The minimum absolute atomic E-state index is 0.0339. The van der Waals surface area contributed by atoms with E-state index in [4.69, 9.17) is 11.6 Å². The maximum Gasteiger partial charge on any atom is 0.433 e. The Bertz CT molecular complexity index is 3020. The van der Waals surface area contributed by atoms with Crippen LogP contribution >= 0.6 is 22.9 Å². The van der Waals surface area contributed by atoms with Crippen molar-refractivity contribution in [1.82, 2.24) is 34.1 Å². The number of likely N-dealkylation sites (tertiary alicyclic amines) is 1. The monoisotopic (exact) mass is 909 g/mol. The molecule has 0 atom stereocenters. The number of pyridine rings is 3. The van der Waals surface area contributed by atoms with Crippen LogP contribution in [-0.2, 0) is 22.7 Å². The molecule has 6 heterocycles. The van der Waals surface area contributed by atoms with Gasteiger partial charge in [0.1, 0.15) is 33.9 Å². The van der Waals surface area contributed by atoms with Gasteiger partial charge in [0.2, 0.25) is 0 Å². The number of nitrogens with one attached hydrogen (secondary N) is 1. The molecule has 5 aromatic heterocycles. The number of thiophene rings is 1. The molecule has 320 valence electrons. The lowest BCUT2D eigenvalue weighted by molar-refractivity contribution is -0.141. The summed E-state index contributed by atoms with van der Waals surface area (Å²) in [6.45, 7) is 2.92. The summed E-state index contributed by atoms with van der Waals surface area (Å²) in [5, 5.41) is 12.1. The number of rotatable bonds is 9. The van der Waals surface area contributed by atoms with Crippen LogP contribution in [0.4, 0.5) is 27.8 Å². The molecule has 6 aromatic rings. The van der Waals surface area contributed by atoms with Crippen molar-refractivity contribution >= 4 is 65.8 Å². The fourth-order valence-electron chi connectivity index (χ4n) is 7.21. The molecule has 0 radical (unpaired) electrons. The Hall–Kier alpha value is -6.06. The molecular formula is C41H33ClF5N9O4S2. The summed E-state index contributed by atoms with van der Waals surface area (Å²) in [4.78, 5) is 46.8. The largest absolute Gasteiger partial charge is 0.433 e. The molecule has 1 amide bonds. The number of fused-ring (bicyclic) bond motifs is 2. The number of anilines is 1. The molecule has 13 nitrogen and oxygen atoms in total. The summed E-state index contributed by atoms with van der Waals surface area (Å²) < 4.78 is 95.7. The number of nitrogens with zero attached hydrogens (tertiary/aromatic N) is 8. The number of amides is 1. The first-order valence-corrected chi connectivity index (χ1v) is 21.4. The SMILES string of the molecule is Cc1nc2cnc(N(C)C3CCN(CC(C)(F)F)CC3)c(C#N)c2c(=O)n1CC#Cc1ccc(Cl)cc1-c1ccnc2c(C(=O)NS(=O)(=O)c3ccc(C(F)(F)F)nc3)csc12. The third kappa shape index (κ3) is 9.09. The molecule has 0 unspecified atom stereocenters. The lowest BCUT2D eigenvalue weighted by atomic mass is 10.00. The van der Waals surface area contributed by atoms with Gasteiger partial charge >= 0.3 is 6.18 Å². The van der Waals surface area contributed by atoms with E-state index in [-0.39, 0.29) is 52.5 Å². The van der Waals surface area contributed by atoms with Gasteiger partial charge in [-0.15, -0.1) is 11.3 Å². The molecule has 1 saturated heterocycles. The highest BCUT2D eigenvalue weighted by Gasteiger charge is 2.34. The van der Waals surface area contributed by atoms with Crippen LogP contribution in [0.25, 0.3) is 32.2 Å². The van der Waals surface area contributed by atoms with Crippen LogP contribution in [0.15, 0.2) is 70.1 Å². The minimum atomic E-state index is -4.79. The van der Waals surface area contributed by atoms with E-state index >= 15 is 0 Å². The fraction of sp³-hybridized carbons (Fsp3) is 0.293. The van der Waals surface area contributed by atoms with Crippen LogP contribution in [0, 0.1) is 30.1 Å². The summed E-state index contributed by atoms with van der Waals surface area (Å²) in [7, 11) is -2.86. The molecular weight excluding hydrogens is 877 g/mol. The van der Waals surface area contributed by atoms with E-state index in [9.17, 15) is 45.2 Å². The van der Waals surface area contributed by atoms with Gasteiger partial charge in [-0.05, 0) is 56.2 Å². The number of alkyl halides is 5. The third-order valence-corrected chi connectivity index (χ3v) is 12.8. The predicted octanol–water partition coefficient (Wildman–Crippen LogP) is 7.04. The van der Waals surface area contributed by atoms with Crippen molar-refractivity contribution in [3.63, 3.8) is 0 Å². The number of benzene rings is 1. The number of piperidine rings is 1. The standard InChI is InChI=1S/C41H33ClF5N9O4S2/c1-23-52-32-20-51-37(54(3)26-11-15-55(16-12-26)22-40(2,43)44)30(18-48)34(32)39(58)56(23)14-4-5-24-6-7-25(42)17-29(24)28-10-13-49-35-31(21-61-36(28)35)38(57)53-62(59,60)27-8-9-33(50-19-27)41(45,46)47/h6-10,13,17,19-21,26H,11-12,14-16,22H2,1-3H3,(H,53,57). The molecule has 0 saturated carbocycles. The Balaban J connectivity index is 1.16. The van der Waals surface area contributed by atoms with E-state index in [2.05, 4.69) is 37.8 Å². The fourth-order valence-corrected chi connectivity index (χ4v) is 9.33. The number of carbonyl (C=O) groups excluding carboxylic acids is 1. The molecule has 0 spiro atoms. The van der Waals surface area contributed by atoms with Crippen LogP contribution in [0.3, 0.4) is 0 Å². The van der Waals surface area contributed by atoms with Crippen LogP contribution < -0.4 is 15.2 Å². The number of hydrogen-bond acceptors (Lipinski definition) is 12. The minimum Gasteiger partial charge on any atom is -0.355 e. The second-order valence-corrected chi connectivity index (χ2v) is 17.6. The van der Waals surface area contributed by atoms with Gasteiger partial charge in [0.05, 0.1) is 46.0 Å². The molecule has 7 rings (SSSR count). The Morgan fingerprint density at radius 2 is 1.81 bits per heavy atom. The summed E-state index contributed by atoms with van der Waals surface area (Å²) >= 11 is 7.51. The van der Waals surface area contributed by atoms with E-state index in [1.165, 1.54) is 22.3 Å². The van der Waals surface area contributed by atoms with Gasteiger partial charge in [-0.25, -0.2) is 31.9 Å². The average Bonchev–Trinajstić information content (AvgIpc) is 3.66. The predicted molar refractivity (Wildman–Crippen MR) is 223 cm³/mol. The highest BCUT2D eigenvalue weighted by atomic mass is 35.5. The summed E-state index contributed by atoms with van der Waals surface area (Å²) in [6, 6.07) is 9.79. The zero-order valence-corrected chi connectivity index (χ0v) is 35.3. The molecule has 0 aliphatic carbocycles. The average molecular weight is 910 g/mol. The summed E-state index contributed by atoms with van der Waals surface area (Å²) in [5.74, 6) is 2.80. The number of nitriles is 1. The lowest BCUT2D eigenvalue weighted by Gasteiger charge is -2.38. The molecule has 62 heavy (non-hydrogen) atoms. The lowest BCUT2D eigenvalue weighted by Crippen LogP contribution is -2.46. The van der Waals surface area contributed by atoms with E-state index in [1.54, 1.807) is 43.1 Å². The zero-order valence-electron chi connectivity index (χ0n) is 32.9. The van der Waals surface area contributed by atoms with Crippen molar-refractivity contribution in [1.29, 1.82) is 5.26 Å². The smallest absolute Gasteiger partial charge is 0.355 e. The molecule has 1 aromatic carbocycles. The number of aryl methyl sites for hydroxylation is 1. The summed E-state index contributed by atoms with van der Waals surface area (Å²) in [6.07, 6.45) is -0.337. The normalized spacial score (nSPS) is 14.1. The van der Waals surface area contributed by atoms with Crippen molar-refractivity contribution in [2.24, 2.45) is 0 Å². The molecule has 0 bridgehead atoms. The van der Waals surface area contributed by atoms with E-state index in [0.717, 1.165) is 18.3 Å². The molecule has 1 fully saturated rings. The van der Waals surface area contributed by atoms with E-state index in [1.807, 2.05) is 9.62 Å². The first-order chi connectivity index (χ1) is 29.3. The summed E-state index contributed by atoms with van der Waals surface area (Å²) in [5.41, 5.74) is -0.000534. The Kier molecular flexibility index (Phi) is 12.1. The van der Waals surface area contributed by atoms with Gasteiger partial charge in [0, 0.05) is 72.6 Å². The molecule has 1 aliphatic heterocycles. The van der Waals surface area contributed by atoms with Crippen molar-refractivity contribution in [3.05, 3.63) is 104 Å².